The first kappa shape index (κ1) is 11.5. The highest BCUT2D eigenvalue weighted by Crippen LogP contribution is 2.15. The predicted octanol–water partition coefficient (Wildman–Crippen LogP) is 3.05. The topological polar surface area (TPSA) is 55.2 Å². The molecule has 1 rings (SSSR count). The lowest BCUT2D eigenvalue weighted by molar-refractivity contribution is -0.384. The van der Waals surface area contributed by atoms with Gasteiger partial charge >= 0.3 is 0 Å². The minimum atomic E-state index is -0.390. The van der Waals surface area contributed by atoms with Gasteiger partial charge in [-0.25, -0.2) is 0 Å². The molecule has 82 valence electrons. The zero-order valence-corrected chi connectivity index (χ0v) is 9.06. The fraction of sp³-hybridized carbons (Fsp3) is 0.455. The molecule has 4 heteroatoms. The standard InChI is InChI=1S/C11H16N2O2/c1-3-9(2)8-12-10-4-6-11(7-5-10)13(14)15/h4-7,9,12H,3,8H2,1-2H3. The molecule has 4 nitrogen and oxygen atoms in total. The molecule has 0 aromatic heterocycles. The molecule has 0 aliphatic rings. The molecule has 0 bridgehead atoms. The molecule has 0 saturated carbocycles. The van der Waals surface area contributed by atoms with E-state index in [0.717, 1.165) is 18.7 Å². The Labute approximate surface area is 89.5 Å². The average Bonchev–Trinajstić information content (AvgIpc) is 2.26. The van der Waals surface area contributed by atoms with Gasteiger partial charge in [0.25, 0.3) is 5.69 Å². The molecule has 0 spiro atoms. The third-order valence-electron chi connectivity index (χ3n) is 2.43. The molecule has 0 saturated heterocycles. The van der Waals surface area contributed by atoms with Crippen LogP contribution in [0.1, 0.15) is 20.3 Å². The number of benzene rings is 1. The van der Waals surface area contributed by atoms with E-state index in [1.165, 1.54) is 12.1 Å². The van der Waals surface area contributed by atoms with E-state index in [-0.39, 0.29) is 5.69 Å². The van der Waals surface area contributed by atoms with Gasteiger partial charge in [-0.1, -0.05) is 20.3 Å². The summed E-state index contributed by atoms with van der Waals surface area (Å²) < 4.78 is 0. The van der Waals surface area contributed by atoms with Gasteiger partial charge < -0.3 is 5.32 Å². The highest BCUT2D eigenvalue weighted by Gasteiger charge is 2.04. The molecule has 0 radical (unpaired) electrons. The van der Waals surface area contributed by atoms with Crippen LogP contribution in [-0.2, 0) is 0 Å². The van der Waals surface area contributed by atoms with E-state index in [9.17, 15) is 10.1 Å². The SMILES string of the molecule is CCC(C)CNc1ccc([N+](=O)[O-])cc1. The van der Waals surface area contributed by atoms with Crippen LogP contribution in [0.3, 0.4) is 0 Å². The average molecular weight is 208 g/mol. The molecule has 0 amide bonds. The van der Waals surface area contributed by atoms with Crippen molar-refractivity contribution in [3.63, 3.8) is 0 Å². The number of rotatable bonds is 5. The van der Waals surface area contributed by atoms with Crippen molar-refractivity contribution in [2.75, 3.05) is 11.9 Å². The van der Waals surface area contributed by atoms with Crippen LogP contribution in [0.5, 0.6) is 0 Å². The third kappa shape index (κ3) is 3.58. The highest BCUT2D eigenvalue weighted by atomic mass is 16.6. The molecule has 0 aliphatic heterocycles. The van der Waals surface area contributed by atoms with E-state index in [1.54, 1.807) is 12.1 Å². The Bertz CT molecular complexity index is 322. The summed E-state index contributed by atoms with van der Waals surface area (Å²) in [5, 5.41) is 13.6. The molecule has 0 fully saturated rings. The first-order valence-corrected chi connectivity index (χ1v) is 5.11. The van der Waals surface area contributed by atoms with Crippen LogP contribution in [0.4, 0.5) is 11.4 Å². The maximum Gasteiger partial charge on any atom is 0.269 e. The van der Waals surface area contributed by atoms with Crippen LogP contribution in [0, 0.1) is 16.0 Å². The van der Waals surface area contributed by atoms with Crippen molar-refractivity contribution in [3.8, 4) is 0 Å². The summed E-state index contributed by atoms with van der Waals surface area (Å²) in [7, 11) is 0. The lowest BCUT2D eigenvalue weighted by Gasteiger charge is -2.10. The van der Waals surface area contributed by atoms with Crippen molar-refractivity contribution >= 4 is 11.4 Å². The Hall–Kier alpha value is -1.58. The minimum Gasteiger partial charge on any atom is -0.385 e. The van der Waals surface area contributed by atoms with Crippen molar-refractivity contribution in [2.24, 2.45) is 5.92 Å². The number of hydrogen-bond acceptors (Lipinski definition) is 3. The second-order valence-corrected chi connectivity index (χ2v) is 3.70. The van der Waals surface area contributed by atoms with Crippen molar-refractivity contribution in [1.82, 2.24) is 0 Å². The maximum atomic E-state index is 10.4. The van der Waals surface area contributed by atoms with Gasteiger partial charge in [-0.05, 0) is 18.1 Å². The summed E-state index contributed by atoms with van der Waals surface area (Å²) in [5.74, 6) is 0.611. The van der Waals surface area contributed by atoms with Crippen LogP contribution in [0.2, 0.25) is 0 Å². The number of nitrogens with one attached hydrogen (secondary N) is 1. The van der Waals surface area contributed by atoms with E-state index >= 15 is 0 Å². The van der Waals surface area contributed by atoms with Crippen LogP contribution >= 0.6 is 0 Å². The summed E-state index contributed by atoms with van der Waals surface area (Å²) in [6.45, 7) is 5.20. The monoisotopic (exact) mass is 208 g/mol. The molecule has 1 unspecified atom stereocenters. The predicted molar refractivity (Wildman–Crippen MR) is 61.0 cm³/mol. The number of nitro groups is 1. The van der Waals surface area contributed by atoms with Crippen LogP contribution in [0.25, 0.3) is 0 Å². The van der Waals surface area contributed by atoms with E-state index in [1.807, 2.05) is 0 Å². The first-order chi connectivity index (χ1) is 7.13. The smallest absolute Gasteiger partial charge is 0.269 e. The second-order valence-electron chi connectivity index (χ2n) is 3.70. The molecule has 1 aromatic rings. The molecule has 1 N–H and O–H groups in total. The van der Waals surface area contributed by atoms with Gasteiger partial charge in [0.1, 0.15) is 0 Å². The largest absolute Gasteiger partial charge is 0.385 e. The van der Waals surface area contributed by atoms with Crippen molar-refractivity contribution in [2.45, 2.75) is 20.3 Å². The first-order valence-electron chi connectivity index (χ1n) is 5.11. The zero-order valence-electron chi connectivity index (χ0n) is 9.06. The van der Waals surface area contributed by atoms with Crippen molar-refractivity contribution < 1.29 is 4.92 Å². The summed E-state index contributed by atoms with van der Waals surface area (Å²) in [4.78, 5) is 10.0. The number of non-ortho nitro benzene ring substituents is 1. The lowest BCUT2D eigenvalue weighted by Crippen LogP contribution is -2.09. The van der Waals surface area contributed by atoms with Gasteiger partial charge in [-0.15, -0.1) is 0 Å². The quantitative estimate of drug-likeness (QED) is 0.597. The molecule has 15 heavy (non-hydrogen) atoms. The van der Waals surface area contributed by atoms with Gasteiger partial charge in [0.15, 0.2) is 0 Å². The zero-order chi connectivity index (χ0) is 11.3. The minimum absolute atomic E-state index is 0.129. The van der Waals surface area contributed by atoms with Crippen molar-refractivity contribution in [3.05, 3.63) is 34.4 Å². The summed E-state index contributed by atoms with van der Waals surface area (Å²) in [5.41, 5.74) is 1.06. The van der Waals surface area contributed by atoms with E-state index in [0.29, 0.717) is 5.92 Å². The highest BCUT2D eigenvalue weighted by molar-refractivity contribution is 5.48. The van der Waals surface area contributed by atoms with Crippen LogP contribution in [0.15, 0.2) is 24.3 Å². The molecule has 1 atom stereocenters. The van der Waals surface area contributed by atoms with E-state index in [4.69, 9.17) is 0 Å². The molecule has 1 aromatic carbocycles. The third-order valence-corrected chi connectivity index (χ3v) is 2.43. The Morgan fingerprint density at radius 3 is 2.47 bits per heavy atom. The van der Waals surface area contributed by atoms with Gasteiger partial charge in [0.2, 0.25) is 0 Å². The Kier molecular flexibility index (Phi) is 4.09. The Morgan fingerprint density at radius 1 is 1.40 bits per heavy atom. The van der Waals surface area contributed by atoms with E-state index in [2.05, 4.69) is 19.2 Å². The van der Waals surface area contributed by atoms with Gasteiger partial charge in [0, 0.05) is 24.4 Å². The fourth-order valence-electron chi connectivity index (χ4n) is 1.14. The van der Waals surface area contributed by atoms with Gasteiger partial charge in [-0.3, -0.25) is 10.1 Å². The normalized spacial score (nSPS) is 12.1. The van der Waals surface area contributed by atoms with Crippen molar-refractivity contribution in [1.29, 1.82) is 0 Å². The fourth-order valence-corrected chi connectivity index (χ4v) is 1.14. The number of nitro benzene ring substituents is 1. The number of hydrogen-bond donors (Lipinski definition) is 1. The number of nitrogens with zero attached hydrogens (tertiary/aromatic N) is 1. The summed E-state index contributed by atoms with van der Waals surface area (Å²) in [6, 6.07) is 6.50. The second kappa shape index (κ2) is 5.34. The number of anilines is 1. The lowest BCUT2D eigenvalue weighted by atomic mass is 10.1. The Balaban J connectivity index is 2.53. The van der Waals surface area contributed by atoms with Crippen LogP contribution < -0.4 is 5.32 Å². The Morgan fingerprint density at radius 2 is 2.00 bits per heavy atom. The molecule has 0 heterocycles. The van der Waals surface area contributed by atoms with Gasteiger partial charge in [0.05, 0.1) is 4.92 Å². The summed E-state index contributed by atoms with van der Waals surface area (Å²) >= 11 is 0. The van der Waals surface area contributed by atoms with Crippen LogP contribution in [-0.4, -0.2) is 11.5 Å². The molecular weight excluding hydrogens is 192 g/mol. The van der Waals surface area contributed by atoms with E-state index < -0.39 is 4.92 Å². The molecular formula is C11H16N2O2. The maximum absolute atomic E-state index is 10.4. The molecule has 0 aliphatic carbocycles. The van der Waals surface area contributed by atoms with Gasteiger partial charge in [-0.2, -0.15) is 0 Å². The summed E-state index contributed by atoms with van der Waals surface area (Å²) in [6.07, 6.45) is 1.12.